The number of nitrogens with one attached hydrogen (secondary N) is 1. The number of Topliss-reactive ketones (excluding diaryl/α,β-unsaturated/α-hetero) is 1. The van der Waals surface area contributed by atoms with Gasteiger partial charge in [-0.2, -0.15) is 0 Å². The van der Waals surface area contributed by atoms with Crippen molar-refractivity contribution in [2.45, 2.75) is 33.4 Å². The van der Waals surface area contributed by atoms with Gasteiger partial charge in [-0.1, -0.05) is 42.1 Å². The van der Waals surface area contributed by atoms with Crippen molar-refractivity contribution in [3.63, 3.8) is 0 Å². The Labute approximate surface area is 190 Å². The van der Waals surface area contributed by atoms with E-state index in [1.54, 1.807) is 13.0 Å². The molecule has 1 aliphatic heterocycles. The second-order valence-corrected chi connectivity index (χ2v) is 7.88. The van der Waals surface area contributed by atoms with Crippen molar-refractivity contribution >= 4 is 28.4 Å². The monoisotopic (exact) mass is 455 g/mol. The van der Waals surface area contributed by atoms with E-state index in [1.165, 1.54) is 24.8 Å². The summed E-state index contributed by atoms with van der Waals surface area (Å²) in [5.74, 6) is 0.420. The average Bonchev–Trinajstić information content (AvgIpc) is 2.77. The summed E-state index contributed by atoms with van der Waals surface area (Å²) in [6.45, 7) is 5.60. The normalized spacial score (nSPS) is 15.6. The van der Waals surface area contributed by atoms with Gasteiger partial charge in [-0.05, 0) is 38.7 Å². The predicted molar refractivity (Wildman–Crippen MR) is 125 cm³/mol. The standard InChI is InChI=1S/C23H25N3O5S/c1-5-30-19-11-17(22-21(15(3)27)14(2)24-23(25-22)32-4)18(26(28)29)12-20(19)31-13-16-9-7-6-8-10-16/h6-12,22H,5,13H2,1-4H3,(H,24,25)/t22-/m1/s1. The van der Waals surface area contributed by atoms with Crippen LogP contribution in [0.4, 0.5) is 5.69 Å². The van der Waals surface area contributed by atoms with E-state index in [0.717, 1.165) is 5.56 Å². The second-order valence-electron chi connectivity index (χ2n) is 7.08. The number of carbonyl (C=O) groups excluding carboxylic acids is 1. The average molecular weight is 456 g/mol. The van der Waals surface area contributed by atoms with E-state index in [1.807, 2.05) is 43.5 Å². The number of hydrogen-bond donors (Lipinski definition) is 1. The van der Waals surface area contributed by atoms with Gasteiger partial charge in [0.25, 0.3) is 5.69 Å². The maximum Gasteiger partial charge on any atom is 0.279 e. The first-order valence-corrected chi connectivity index (χ1v) is 11.3. The van der Waals surface area contributed by atoms with Crippen LogP contribution in [-0.4, -0.2) is 28.7 Å². The molecule has 1 heterocycles. The number of ether oxygens (including phenoxy) is 2. The van der Waals surface area contributed by atoms with Crippen LogP contribution in [0.1, 0.15) is 37.9 Å². The molecule has 0 fully saturated rings. The maximum atomic E-state index is 12.4. The Morgan fingerprint density at radius 1 is 1.22 bits per heavy atom. The van der Waals surface area contributed by atoms with E-state index in [-0.39, 0.29) is 29.4 Å². The lowest BCUT2D eigenvalue weighted by Crippen LogP contribution is -2.29. The molecule has 1 N–H and O–H groups in total. The van der Waals surface area contributed by atoms with E-state index in [9.17, 15) is 14.9 Å². The van der Waals surface area contributed by atoms with Gasteiger partial charge in [-0.15, -0.1) is 0 Å². The SMILES string of the molecule is CCOc1cc([C@H]2N=C(SC)NC(C)=C2C(C)=O)c([N+](=O)[O-])cc1OCc1ccccc1. The molecule has 0 aromatic heterocycles. The quantitative estimate of drug-likeness (QED) is 0.450. The third-order valence-electron chi connectivity index (χ3n) is 4.91. The largest absolute Gasteiger partial charge is 0.490 e. The fraction of sp³-hybridized carbons (Fsp3) is 0.304. The van der Waals surface area contributed by atoms with E-state index >= 15 is 0 Å². The Hall–Kier alpha value is -3.33. The lowest BCUT2D eigenvalue weighted by atomic mass is 9.92. The molecule has 0 spiro atoms. The van der Waals surface area contributed by atoms with Gasteiger partial charge in [0, 0.05) is 11.3 Å². The van der Waals surface area contributed by atoms with Crippen LogP contribution in [0.5, 0.6) is 11.5 Å². The van der Waals surface area contributed by atoms with Gasteiger partial charge in [0.05, 0.1) is 23.2 Å². The van der Waals surface area contributed by atoms with Gasteiger partial charge >= 0.3 is 0 Å². The number of rotatable bonds is 8. The van der Waals surface area contributed by atoms with Gasteiger partial charge in [0.15, 0.2) is 22.4 Å². The van der Waals surface area contributed by atoms with Crippen LogP contribution in [0.3, 0.4) is 0 Å². The number of nitrogens with zero attached hydrogens (tertiary/aromatic N) is 2. The summed E-state index contributed by atoms with van der Waals surface area (Å²) in [6, 6.07) is 11.6. The molecule has 1 atom stereocenters. The number of aliphatic imine (C=N–C) groups is 1. The predicted octanol–water partition coefficient (Wildman–Crippen LogP) is 4.80. The number of allylic oxidation sites excluding steroid dienone is 1. The van der Waals surface area contributed by atoms with E-state index in [4.69, 9.17) is 9.47 Å². The Bertz CT molecular complexity index is 1080. The van der Waals surface area contributed by atoms with Crippen molar-refractivity contribution in [3.05, 3.63) is 75.0 Å². The summed E-state index contributed by atoms with van der Waals surface area (Å²) in [4.78, 5) is 28.5. The molecule has 2 aromatic rings. The summed E-state index contributed by atoms with van der Waals surface area (Å²) in [7, 11) is 0. The van der Waals surface area contributed by atoms with Gasteiger partial charge in [-0.25, -0.2) is 4.99 Å². The number of carbonyl (C=O) groups is 1. The number of amidine groups is 1. The molecule has 0 unspecified atom stereocenters. The highest BCUT2D eigenvalue weighted by Gasteiger charge is 2.33. The highest BCUT2D eigenvalue weighted by Crippen LogP contribution is 2.43. The molecule has 0 saturated heterocycles. The van der Waals surface area contributed by atoms with Gasteiger partial charge in [-0.3, -0.25) is 14.9 Å². The molecular formula is C23H25N3O5S. The fourth-order valence-electron chi connectivity index (χ4n) is 3.49. The van der Waals surface area contributed by atoms with Crippen molar-refractivity contribution in [2.24, 2.45) is 4.99 Å². The zero-order chi connectivity index (χ0) is 23.3. The minimum atomic E-state index is -0.820. The third kappa shape index (κ3) is 5.11. The molecule has 2 aromatic carbocycles. The van der Waals surface area contributed by atoms with Crippen molar-refractivity contribution in [1.29, 1.82) is 0 Å². The molecule has 3 rings (SSSR count). The molecule has 168 valence electrons. The van der Waals surface area contributed by atoms with E-state index in [0.29, 0.717) is 28.8 Å². The summed E-state index contributed by atoms with van der Waals surface area (Å²) >= 11 is 1.37. The molecule has 9 heteroatoms. The number of hydrogen-bond acceptors (Lipinski definition) is 8. The van der Waals surface area contributed by atoms with Gasteiger partial charge < -0.3 is 14.8 Å². The molecule has 32 heavy (non-hydrogen) atoms. The van der Waals surface area contributed by atoms with Crippen molar-refractivity contribution in [2.75, 3.05) is 12.9 Å². The molecule has 0 bridgehead atoms. The van der Waals surface area contributed by atoms with E-state index < -0.39 is 11.0 Å². The highest BCUT2D eigenvalue weighted by atomic mass is 32.2. The Morgan fingerprint density at radius 2 is 1.91 bits per heavy atom. The maximum absolute atomic E-state index is 12.4. The van der Waals surface area contributed by atoms with Gasteiger partial charge in [0.1, 0.15) is 12.6 Å². The summed E-state index contributed by atoms with van der Waals surface area (Å²) in [5, 5.41) is 15.7. The van der Waals surface area contributed by atoms with Gasteiger partial charge in [0.2, 0.25) is 0 Å². The summed E-state index contributed by atoms with van der Waals surface area (Å²) < 4.78 is 11.6. The van der Waals surface area contributed by atoms with Crippen molar-refractivity contribution < 1.29 is 19.2 Å². The Morgan fingerprint density at radius 3 is 2.50 bits per heavy atom. The van der Waals surface area contributed by atoms with E-state index in [2.05, 4.69) is 10.3 Å². The molecule has 0 aliphatic carbocycles. The van der Waals surface area contributed by atoms with Crippen LogP contribution in [-0.2, 0) is 11.4 Å². The van der Waals surface area contributed by atoms with Crippen molar-refractivity contribution in [1.82, 2.24) is 5.32 Å². The minimum absolute atomic E-state index is 0.181. The van der Waals surface area contributed by atoms with Crippen LogP contribution in [0.2, 0.25) is 0 Å². The Kier molecular flexibility index (Phi) is 7.53. The number of nitro groups is 1. The first-order chi connectivity index (χ1) is 15.3. The van der Waals surface area contributed by atoms with Crippen LogP contribution in [0.15, 0.2) is 58.7 Å². The molecule has 0 radical (unpaired) electrons. The Balaban J connectivity index is 2.11. The highest BCUT2D eigenvalue weighted by molar-refractivity contribution is 8.13. The minimum Gasteiger partial charge on any atom is -0.490 e. The van der Waals surface area contributed by atoms with Crippen LogP contribution in [0.25, 0.3) is 0 Å². The third-order valence-corrected chi connectivity index (χ3v) is 5.51. The lowest BCUT2D eigenvalue weighted by Gasteiger charge is -2.25. The molecule has 8 nitrogen and oxygen atoms in total. The number of ketones is 1. The number of benzene rings is 2. The fourth-order valence-corrected chi connectivity index (χ4v) is 3.96. The smallest absolute Gasteiger partial charge is 0.279 e. The summed E-state index contributed by atoms with van der Waals surface area (Å²) in [6.07, 6.45) is 1.84. The van der Waals surface area contributed by atoms with Crippen LogP contribution >= 0.6 is 11.8 Å². The number of thioether (sulfide) groups is 1. The zero-order valence-electron chi connectivity index (χ0n) is 18.4. The molecular weight excluding hydrogens is 430 g/mol. The second kappa shape index (κ2) is 10.3. The lowest BCUT2D eigenvalue weighted by molar-refractivity contribution is -0.385. The molecule has 0 amide bonds. The number of nitro benzene ring substituents is 1. The molecule has 0 saturated carbocycles. The van der Waals surface area contributed by atoms with Crippen LogP contribution in [0, 0.1) is 10.1 Å². The summed E-state index contributed by atoms with van der Waals surface area (Å²) in [5.41, 5.74) is 2.03. The van der Waals surface area contributed by atoms with Crippen molar-refractivity contribution in [3.8, 4) is 11.5 Å². The molecule has 1 aliphatic rings. The topological polar surface area (TPSA) is 103 Å². The first-order valence-electron chi connectivity index (χ1n) is 10.1. The first kappa shape index (κ1) is 23.3. The van der Waals surface area contributed by atoms with Crippen LogP contribution < -0.4 is 14.8 Å². The zero-order valence-corrected chi connectivity index (χ0v) is 19.2.